The van der Waals surface area contributed by atoms with E-state index in [4.69, 9.17) is 0 Å². The number of piperazine rings is 1. The Bertz CT molecular complexity index is 882. The molecule has 2 saturated heterocycles. The lowest BCUT2D eigenvalue weighted by Crippen LogP contribution is -2.49. The maximum absolute atomic E-state index is 12.2. The van der Waals surface area contributed by atoms with Crippen molar-refractivity contribution in [1.29, 1.82) is 0 Å². The number of carbonyl (C=O) groups is 2. The third-order valence-electron chi connectivity index (χ3n) is 5.53. The molecule has 1 aromatic heterocycles. The number of fused-ring (bicyclic) bond motifs is 1. The van der Waals surface area contributed by atoms with E-state index in [0.29, 0.717) is 24.8 Å². The van der Waals surface area contributed by atoms with Crippen molar-refractivity contribution in [2.45, 2.75) is 26.3 Å². The zero-order chi connectivity index (χ0) is 19.1. The number of anilines is 2. The van der Waals surface area contributed by atoms with Crippen LogP contribution < -0.4 is 15.1 Å². The van der Waals surface area contributed by atoms with Gasteiger partial charge in [0, 0.05) is 63.3 Å². The Balaban J connectivity index is 1.60. The Hall–Kier alpha value is -2.61. The van der Waals surface area contributed by atoms with Crippen LogP contribution in [0.1, 0.15) is 20.3 Å². The number of benzene rings is 1. The van der Waals surface area contributed by atoms with E-state index in [2.05, 4.69) is 46.2 Å². The maximum atomic E-state index is 12.2. The summed E-state index contributed by atoms with van der Waals surface area (Å²) in [5.41, 5.74) is 2.16. The Morgan fingerprint density at radius 3 is 2.48 bits per heavy atom. The summed E-state index contributed by atoms with van der Waals surface area (Å²) in [7, 11) is 1.89. The standard InChI is InChI=1S/C19H26N6O2/c1-13(2)23-8-10-24(11-9-23)14-4-5-15-16(12-14)22(3)21-18(15)25-7-6-17(26)20-19(25)27/h4-5,12-13H,6-11H2,1-3H3,(H,20,26,27). The number of aromatic nitrogens is 2. The molecule has 2 fully saturated rings. The van der Waals surface area contributed by atoms with Crippen LogP contribution in [0.5, 0.6) is 0 Å². The lowest BCUT2D eigenvalue weighted by Gasteiger charge is -2.38. The molecule has 4 rings (SSSR count). The van der Waals surface area contributed by atoms with Gasteiger partial charge in [-0.25, -0.2) is 4.79 Å². The van der Waals surface area contributed by atoms with Crippen molar-refractivity contribution in [1.82, 2.24) is 20.0 Å². The maximum Gasteiger partial charge on any atom is 0.329 e. The molecule has 0 radical (unpaired) electrons. The fraction of sp³-hybridized carbons (Fsp3) is 0.526. The molecule has 8 nitrogen and oxygen atoms in total. The summed E-state index contributed by atoms with van der Waals surface area (Å²) in [5.74, 6) is 0.369. The first-order chi connectivity index (χ1) is 12.9. The summed E-state index contributed by atoms with van der Waals surface area (Å²) in [6, 6.07) is 6.46. The quantitative estimate of drug-likeness (QED) is 0.887. The average Bonchev–Trinajstić information content (AvgIpc) is 2.98. The second-order valence-corrected chi connectivity index (χ2v) is 7.52. The molecule has 3 heterocycles. The molecule has 3 amide bonds. The van der Waals surface area contributed by atoms with Crippen LogP contribution in [-0.4, -0.2) is 65.4 Å². The average molecular weight is 370 g/mol. The molecule has 0 spiro atoms. The van der Waals surface area contributed by atoms with Crippen LogP contribution in [0.2, 0.25) is 0 Å². The van der Waals surface area contributed by atoms with E-state index in [9.17, 15) is 9.59 Å². The second-order valence-electron chi connectivity index (χ2n) is 7.52. The van der Waals surface area contributed by atoms with Gasteiger partial charge >= 0.3 is 6.03 Å². The highest BCUT2D eigenvalue weighted by molar-refractivity contribution is 6.09. The lowest BCUT2D eigenvalue weighted by atomic mass is 10.1. The molecule has 1 N–H and O–H groups in total. The zero-order valence-corrected chi connectivity index (χ0v) is 16.1. The predicted octanol–water partition coefficient (Wildman–Crippen LogP) is 1.55. The first-order valence-corrected chi connectivity index (χ1v) is 9.51. The van der Waals surface area contributed by atoms with E-state index in [1.54, 1.807) is 4.90 Å². The van der Waals surface area contributed by atoms with Crippen LogP contribution in [0.25, 0.3) is 10.9 Å². The van der Waals surface area contributed by atoms with E-state index in [1.807, 2.05) is 17.8 Å². The molecule has 0 bridgehead atoms. The first-order valence-electron chi connectivity index (χ1n) is 9.51. The van der Waals surface area contributed by atoms with Crippen LogP contribution in [0.3, 0.4) is 0 Å². The van der Waals surface area contributed by atoms with Gasteiger partial charge in [0.15, 0.2) is 5.82 Å². The van der Waals surface area contributed by atoms with E-state index in [-0.39, 0.29) is 5.91 Å². The Kier molecular flexibility index (Phi) is 4.51. The van der Waals surface area contributed by atoms with Gasteiger partial charge in [0.05, 0.1) is 5.52 Å². The number of nitrogens with zero attached hydrogens (tertiary/aromatic N) is 5. The number of rotatable bonds is 3. The summed E-state index contributed by atoms with van der Waals surface area (Å²) >= 11 is 0. The summed E-state index contributed by atoms with van der Waals surface area (Å²) in [4.78, 5) is 30.0. The van der Waals surface area contributed by atoms with Crippen molar-refractivity contribution < 1.29 is 9.59 Å². The molecule has 2 aliphatic heterocycles. The van der Waals surface area contributed by atoms with Gasteiger partial charge in [-0.15, -0.1) is 0 Å². The molecule has 144 valence electrons. The highest BCUT2D eigenvalue weighted by atomic mass is 16.2. The SMILES string of the molecule is CC(C)N1CCN(c2ccc3c(N4CCC(=O)NC4=O)nn(C)c3c2)CC1. The van der Waals surface area contributed by atoms with Crippen LogP contribution in [0.15, 0.2) is 18.2 Å². The van der Waals surface area contributed by atoms with Crippen molar-refractivity contribution in [3.63, 3.8) is 0 Å². The zero-order valence-electron chi connectivity index (χ0n) is 16.1. The van der Waals surface area contributed by atoms with E-state index >= 15 is 0 Å². The van der Waals surface area contributed by atoms with Crippen molar-refractivity contribution in [3.05, 3.63) is 18.2 Å². The van der Waals surface area contributed by atoms with Gasteiger partial charge in [-0.2, -0.15) is 5.10 Å². The van der Waals surface area contributed by atoms with Crippen LogP contribution in [0.4, 0.5) is 16.3 Å². The fourth-order valence-corrected chi connectivity index (χ4v) is 3.89. The van der Waals surface area contributed by atoms with Crippen molar-refractivity contribution in [2.75, 3.05) is 42.5 Å². The van der Waals surface area contributed by atoms with E-state index < -0.39 is 6.03 Å². The summed E-state index contributed by atoms with van der Waals surface area (Å²) < 4.78 is 1.81. The highest BCUT2D eigenvalue weighted by Crippen LogP contribution is 2.30. The number of urea groups is 1. The second kappa shape index (κ2) is 6.84. The van der Waals surface area contributed by atoms with Crippen molar-refractivity contribution in [3.8, 4) is 0 Å². The topological polar surface area (TPSA) is 73.7 Å². The summed E-state index contributed by atoms with van der Waals surface area (Å²) in [5, 5.41) is 7.84. The largest absolute Gasteiger partial charge is 0.369 e. The molecule has 0 saturated carbocycles. The van der Waals surface area contributed by atoms with Gasteiger partial charge < -0.3 is 4.90 Å². The van der Waals surface area contributed by atoms with Crippen LogP contribution in [0, 0.1) is 0 Å². The molecule has 8 heteroatoms. The number of amides is 3. The third kappa shape index (κ3) is 3.25. The van der Waals surface area contributed by atoms with Gasteiger partial charge in [-0.05, 0) is 32.0 Å². The Labute approximate surface area is 158 Å². The normalized spacial score (nSPS) is 19.3. The minimum atomic E-state index is -0.403. The smallest absolute Gasteiger partial charge is 0.329 e. The number of hydrogen-bond donors (Lipinski definition) is 1. The summed E-state index contributed by atoms with van der Waals surface area (Å²) in [6.07, 6.45) is 0.294. The van der Waals surface area contributed by atoms with Gasteiger partial charge in [-0.3, -0.25) is 24.6 Å². The number of imide groups is 1. The fourth-order valence-electron chi connectivity index (χ4n) is 3.89. The lowest BCUT2D eigenvalue weighted by molar-refractivity contribution is -0.120. The minimum absolute atomic E-state index is 0.237. The first kappa shape index (κ1) is 17.8. The number of carbonyl (C=O) groups excluding carboxylic acids is 2. The molecule has 0 aliphatic carbocycles. The Morgan fingerprint density at radius 1 is 1.07 bits per heavy atom. The highest BCUT2D eigenvalue weighted by Gasteiger charge is 2.28. The Morgan fingerprint density at radius 2 is 1.81 bits per heavy atom. The monoisotopic (exact) mass is 370 g/mol. The van der Waals surface area contributed by atoms with Gasteiger partial charge in [0.1, 0.15) is 0 Å². The van der Waals surface area contributed by atoms with Gasteiger partial charge in [0.2, 0.25) is 5.91 Å². The third-order valence-corrected chi connectivity index (χ3v) is 5.53. The molecular formula is C19H26N6O2. The minimum Gasteiger partial charge on any atom is -0.369 e. The number of aryl methyl sites for hydroxylation is 1. The van der Waals surface area contributed by atoms with Gasteiger partial charge in [-0.1, -0.05) is 0 Å². The van der Waals surface area contributed by atoms with Gasteiger partial charge in [0.25, 0.3) is 0 Å². The van der Waals surface area contributed by atoms with Crippen LogP contribution >= 0.6 is 0 Å². The van der Waals surface area contributed by atoms with Crippen molar-refractivity contribution in [2.24, 2.45) is 7.05 Å². The summed E-state index contributed by atoms with van der Waals surface area (Å²) in [6.45, 7) is 8.97. The molecule has 0 atom stereocenters. The molecule has 1 aromatic carbocycles. The molecule has 2 aromatic rings. The van der Waals surface area contributed by atoms with Crippen LogP contribution in [-0.2, 0) is 11.8 Å². The molecule has 2 aliphatic rings. The van der Waals surface area contributed by atoms with E-state index in [0.717, 1.165) is 37.1 Å². The number of nitrogens with one attached hydrogen (secondary N) is 1. The molecule has 0 unspecified atom stereocenters. The predicted molar refractivity (Wildman–Crippen MR) is 105 cm³/mol. The number of hydrogen-bond acceptors (Lipinski definition) is 5. The molecular weight excluding hydrogens is 344 g/mol. The van der Waals surface area contributed by atoms with E-state index in [1.165, 1.54) is 5.69 Å². The molecule has 27 heavy (non-hydrogen) atoms. The van der Waals surface area contributed by atoms with Crippen molar-refractivity contribution >= 4 is 34.3 Å².